The van der Waals surface area contributed by atoms with Gasteiger partial charge >= 0.3 is 0 Å². The molecule has 0 N–H and O–H groups in total. The van der Waals surface area contributed by atoms with Gasteiger partial charge in [-0.25, -0.2) is 15.0 Å². The molecule has 0 saturated carbocycles. The second-order valence-corrected chi connectivity index (χ2v) is 22.5. The van der Waals surface area contributed by atoms with Crippen LogP contribution in [-0.4, -0.2) is 15.0 Å². The monoisotopic (exact) mass is 1120 g/mol. The molecular weight excluding hydrogens is 1070 g/mol. The Morgan fingerprint density at radius 1 is 0.193 bits per heavy atom. The minimum Gasteiger partial charge on any atom is -0.308 e. The van der Waals surface area contributed by atoms with E-state index in [2.05, 4.69) is 350 Å². The van der Waals surface area contributed by atoms with Crippen molar-refractivity contribution < 1.29 is 0 Å². The van der Waals surface area contributed by atoms with E-state index in [0.717, 1.165) is 95.3 Å². The van der Waals surface area contributed by atoms with Crippen molar-refractivity contribution in [2.24, 2.45) is 0 Å². The highest BCUT2D eigenvalue weighted by atomic mass is 15.2. The Balaban J connectivity index is 0.989. The molecule has 13 aromatic carbocycles. The first-order valence-corrected chi connectivity index (χ1v) is 30.1. The maximum atomic E-state index is 5.88. The fourth-order valence-corrected chi connectivity index (χ4v) is 14.3. The summed E-state index contributed by atoms with van der Waals surface area (Å²) in [5, 5.41) is 0. The van der Waals surface area contributed by atoms with Gasteiger partial charge in [0.25, 0.3) is 0 Å². The fraction of sp³-hybridized carbons (Fsp3) is 0.0241. The first kappa shape index (κ1) is 52.1. The number of fused-ring (bicyclic) bond motifs is 4. The van der Waals surface area contributed by atoms with Gasteiger partial charge in [-0.3, -0.25) is 0 Å². The lowest BCUT2D eigenvalue weighted by molar-refractivity contribution is 0.731. The summed E-state index contributed by atoms with van der Waals surface area (Å²) in [5.41, 5.74) is 20.9. The van der Waals surface area contributed by atoms with Crippen LogP contribution in [0, 0.1) is 0 Å². The van der Waals surface area contributed by atoms with E-state index >= 15 is 0 Å². The average Bonchev–Trinajstić information content (AvgIpc) is 0.861. The van der Waals surface area contributed by atoms with Gasteiger partial charge in [-0.2, -0.15) is 0 Å². The van der Waals surface area contributed by atoms with Crippen LogP contribution < -0.4 is 9.80 Å². The Kier molecular flexibility index (Phi) is 12.9. The quantitative estimate of drug-likeness (QED) is 0.129. The van der Waals surface area contributed by atoms with Gasteiger partial charge in [0.15, 0.2) is 17.5 Å². The molecule has 5 heteroatoms. The third-order valence-corrected chi connectivity index (χ3v) is 17.9. The van der Waals surface area contributed by atoms with Crippen LogP contribution in [0.1, 0.15) is 44.5 Å². The molecule has 0 saturated heterocycles. The van der Waals surface area contributed by atoms with Crippen molar-refractivity contribution in [1.82, 2.24) is 15.0 Å². The predicted octanol–water partition coefficient (Wildman–Crippen LogP) is 20.5. The van der Waals surface area contributed by atoms with Crippen molar-refractivity contribution in [3.05, 3.63) is 390 Å². The third-order valence-electron chi connectivity index (χ3n) is 17.9. The summed E-state index contributed by atoms with van der Waals surface area (Å²) in [4.78, 5) is 22.1. The van der Waals surface area contributed by atoms with Crippen LogP contribution in [0.3, 0.4) is 0 Å². The van der Waals surface area contributed by atoms with Gasteiger partial charge in [0.1, 0.15) is 0 Å². The van der Waals surface area contributed by atoms with Crippen LogP contribution in [0.15, 0.2) is 346 Å². The van der Waals surface area contributed by atoms with Crippen LogP contribution in [0.2, 0.25) is 0 Å². The number of hydrogen-bond donors (Lipinski definition) is 0. The molecule has 414 valence electrons. The number of anilines is 6. The van der Waals surface area contributed by atoms with Crippen molar-refractivity contribution in [1.29, 1.82) is 0 Å². The number of hydrogen-bond acceptors (Lipinski definition) is 5. The van der Waals surface area contributed by atoms with E-state index in [1.54, 1.807) is 0 Å². The molecule has 88 heavy (non-hydrogen) atoms. The molecule has 1 aromatic heterocycles. The molecule has 14 aromatic rings. The van der Waals surface area contributed by atoms with Crippen LogP contribution >= 0.6 is 0 Å². The highest BCUT2D eigenvalue weighted by molar-refractivity contribution is 6.03. The maximum absolute atomic E-state index is 5.88. The molecule has 0 spiro atoms. The third kappa shape index (κ3) is 8.27. The van der Waals surface area contributed by atoms with Gasteiger partial charge in [0.05, 0.1) is 45.0 Å². The summed E-state index contributed by atoms with van der Waals surface area (Å²) < 4.78 is 0. The van der Waals surface area contributed by atoms with Crippen molar-refractivity contribution in [2.75, 3.05) is 9.80 Å². The Morgan fingerprint density at radius 2 is 0.432 bits per heavy atom. The van der Waals surface area contributed by atoms with E-state index in [-0.39, 0.29) is 0 Å². The second-order valence-electron chi connectivity index (χ2n) is 22.5. The number of para-hydroxylation sites is 6. The van der Waals surface area contributed by atoms with Gasteiger partial charge in [0.2, 0.25) is 0 Å². The van der Waals surface area contributed by atoms with Gasteiger partial charge in [0, 0.05) is 27.8 Å². The molecular formula is C83H57N5. The smallest absolute Gasteiger partial charge is 0.166 e. The summed E-state index contributed by atoms with van der Waals surface area (Å²) >= 11 is 0. The fourth-order valence-electron chi connectivity index (χ4n) is 14.3. The minimum absolute atomic E-state index is 0.539. The summed E-state index contributed by atoms with van der Waals surface area (Å²) in [5.74, 6) is 1.64. The van der Waals surface area contributed by atoms with Crippen molar-refractivity contribution in [3.63, 3.8) is 0 Å². The molecule has 2 aliphatic heterocycles. The van der Waals surface area contributed by atoms with E-state index in [1.807, 2.05) is 6.07 Å². The molecule has 16 rings (SSSR count). The molecule has 0 radical (unpaired) electrons. The second kappa shape index (κ2) is 21.8. The van der Waals surface area contributed by atoms with E-state index in [9.17, 15) is 0 Å². The van der Waals surface area contributed by atoms with Crippen LogP contribution in [0.4, 0.5) is 34.1 Å². The standard InChI is InChI=1S/C83H57N5/c1-8-32-58(33-9-1)65-46-30-48-67(77(65)87-73-54-26-22-50-69(73)82(61-38-14-4-15-39-61,62-40-16-5-17-41-62)70-51-23-27-55-74(70)87)80-84-79(60-36-12-3-13-37-60)85-81(86-80)68-49-31-47-66(59-34-10-2-11-35-59)78(68)88-75-56-28-24-52-71(75)83(63-42-18-6-19-43-63,64-44-20-7-21-45-64)72-53-25-29-57-76(72)88/h1-57H. The first-order chi connectivity index (χ1) is 43.7. The summed E-state index contributed by atoms with van der Waals surface area (Å²) in [6, 6.07) is 125. The zero-order chi connectivity index (χ0) is 58.4. The lowest BCUT2D eigenvalue weighted by Crippen LogP contribution is -2.38. The Labute approximate surface area is 513 Å². The zero-order valence-corrected chi connectivity index (χ0v) is 48.1. The number of aromatic nitrogens is 3. The molecule has 2 aliphatic rings. The van der Waals surface area contributed by atoms with E-state index in [1.165, 1.54) is 22.3 Å². The zero-order valence-electron chi connectivity index (χ0n) is 48.1. The van der Waals surface area contributed by atoms with Crippen molar-refractivity contribution >= 4 is 34.1 Å². The van der Waals surface area contributed by atoms with E-state index < -0.39 is 10.8 Å². The molecule has 0 bridgehead atoms. The maximum Gasteiger partial charge on any atom is 0.166 e. The van der Waals surface area contributed by atoms with Crippen molar-refractivity contribution in [3.8, 4) is 56.4 Å². The lowest BCUT2D eigenvalue weighted by Gasteiger charge is -2.47. The molecule has 0 fully saturated rings. The molecule has 5 nitrogen and oxygen atoms in total. The Bertz CT molecular complexity index is 4380. The molecule has 0 amide bonds. The molecule has 0 unspecified atom stereocenters. The lowest BCUT2D eigenvalue weighted by atomic mass is 9.62. The largest absolute Gasteiger partial charge is 0.308 e. The number of rotatable bonds is 11. The minimum atomic E-state index is -0.678. The van der Waals surface area contributed by atoms with Gasteiger partial charge in [-0.05, 0) is 92.0 Å². The van der Waals surface area contributed by atoms with Gasteiger partial charge < -0.3 is 9.80 Å². The normalized spacial score (nSPS) is 13.4. The van der Waals surface area contributed by atoms with Gasteiger partial charge in [-0.1, -0.05) is 309 Å². The SMILES string of the molecule is c1ccc(-c2nc(-c3cccc(-c4ccccc4)c3N3c4ccccc4C(c4ccccc4)(c4ccccc4)c4ccccc43)nc(-c3cccc(-c4ccccc4)c3N3c4ccccc4C(c4ccccc4)(c4ccccc4)c4ccccc43)n2)cc1. The summed E-state index contributed by atoms with van der Waals surface area (Å²) in [7, 11) is 0. The van der Waals surface area contributed by atoms with E-state index in [4.69, 9.17) is 15.0 Å². The van der Waals surface area contributed by atoms with Crippen molar-refractivity contribution in [2.45, 2.75) is 10.8 Å². The molecule has 3 heterocycles. The van der Waals surface area contributed by atoms with Crippen LogP contribution in [0.5, 0.6) is 0 Å². The highest BCUT2D eigenvalue weighted by Crippen LogP contribution is 2.62. The summed E-state index contributed by atoms with van der Waals surface area (Å²) in [6.45, 7) is 0. The Hall–Kier alpha value is -11.5. The molecule has 0 atom stereocenters. The summed E-state index contributed by atoms with van der Waals surface area (Å²) in [6.07, 6.45) is 0. The highest BCUT2D eigenvalue weighted by Gasteiger charge is 2.49. The van der Waals surface area contributed by atoms with Crippen LogP contribution in [-0.2, 0) is 10.8 Å². The van der Waals surface area contributed by atoms with Crippen LogP contribution in [0.25, 0.3) is 56.4 Å². The number of nitrogens with zero attached hydrogens (tertiary/aromatic N) is 5. The topological polar surface area (TPSA) is 45.2 Å². The van der Waals surface area contributed by atoms with E-state index in [0.29, 0.717) is 17.5 Å². The Morgan fingerprint density at radius 3 is 0.739 bits per heavy atom. The average molecular weight is 1120 g/mol. The molecule has 0 aliphatic carbocycles. The first-order valence-electron chi connectivity index (χ1n) is 30.1. The number of benzene rings is 13. The predicted molar refractivity (Wildman–Crippen MR) is 360 cm³/mol. The van der Waals surface area contributed by atoms with Gasteiger partial charge in [-0.15, -0.1) is 0 Å².